The van der Waals surface area contributed by atoms with Gasteiger partial charge in [0.2, 0.25) is 0 Å². The highest BCUT2D eigenvalue weighted by Crippen LogP contribution is 2.07. The van der Waals surface area contributed by atoms with E-state index < -0.39 is 0 Å². The number of halogens is 1. The molecule has 1 heteroatoms. The van der Waals surface area contributed by atoms with E-state index in [2.05, 4.69) is 11.5 Å². The number of allylic oxidation sites excluding steroid dienone is 4. The summed E-state index contributed by atoms with van der Waals surface area (Å²) in [5.41, 5.74) is 6.04. The molecule has 0 aromatic heterocycles. The average Bonchev–Trinajstić information content (AvgIpc) is 1.90. The standard InChI is InChI=1S/C8H7F/c1-2-7-3-5-8(9)6-4-7/h3,5H,2H2,1H3. The van der Waals surface area contributed by atoms with Crippen LogP contribution in [-0.4, -0.2) is 0 Å². The molecule has 1 aliphatic rings. The van der Waals surface area contributed by atoms with E-state index in [1.165, 1.54) is 6.08 Å². The molecule has 0 aliphatic heterocycles. The number of rotatable bonds is 1. The number of hydrogen-bond acceptors (Lipinski definition) is 0. The molecule has 0 atom stereocenters. The summed E-state index contributed by atoms with van der Waals surface area (Å²) < 4.78 is 12.1. The van der Waals surface area contributed by atoms with Gasteiger partial charge in [0.1, 0.15) is 0 Å². The van der Waals surface area contributed by atoms with Gasteiger partial charge in [-0.1, -0.05) is 12.7 Å². The average molecular weight is 122 g/mol. The first-order valence-electron chi connectivity index (χ1n) is 2.91. The second-order valence-electron chi connectivity index (χ2n) is 1.81. The van der Waals surface area contributed by atoms with Crippen LogP contribution in [0.1, 0.15) is 13.3 Å². The van der Waals surface area contributed by atoms with Gasteiger partial charge in [-0.15, -0.1) is 0 Å². The maximum atomic E-state index is 12.1. The Morgan fingerprint density at radius 1 is 1.44 bits per heavy atom. The zero-order chi connectivity index (χ0) is 6.69. The van der Waals surface area contributed by atoms with Gasteiger partial charge in [0.15, 0.2) is 5.83 Å². The van der Waals surface area contributed by atoms with Crippen LogP contribution in [0.5, 0.6) is 0 Å². The van der Waals surface area contributed by atoms with Crippen LogP contribution in [0.3, 0.4) is 0 Å². The zero-order valence-corrected chi connectivity index (χ0v) is 5.24. The van der Waals surface area contributed by atoms with Crippen LogP contribution in [0.4, 0.5) is 4.39 Å². The van der Waals surface area contributed by atoms with Crippen LogP contribution in [0.15, 0.2) is 35.0 Å². The quantitative estimate of drug-likeness (QED) is 0.469. The van der Waals surface area contributed by atoms with Crippen LogP contribution in [0.2, 0.25) is 0 Å². The van der Waals surface area contributed by atoms with Crippen molar-refractivity contribution in [2.24, 2.45) is 0 Å². The maximum absolute atomic E-state index is 12.1. The van der Waals surface area contributed by atoms with Gasteiger partial charge in [-0.2, -0.15) is 4.39 Å². The van der Waals surface area contributed by atoms with Gasteiger partial charge in [0.25, 0.3) is 0 Å². The molecule has 0 heterocycles. The molecular formula is C8H7F. The van der Waals surface area contributed by atoms with E-state index in [4.69, 9.17) is 0 Å². The topological polar surface area (TPSA) is 0 Å². The highest BCUT2D eigenvalue weighted by molar-refractivity contribution is 5.28. The van der Waals surface area contributed by atoms with E-state index in [9.17, 15) is 4.39 Å². The third-order valence-corrected chi connectivity index (χ3v) is 1.15. The molecule has 0 saturated heterocycles. The fourth-order valence-electron chi connectivity index (χ4n) is 0.603. The first kappa shape index (κ1) is 6.10. The Morgan fingerprint density at radius 2 is 2.22 bits per heavy atom. The zero-order valence-electron chi connectivity index (χ0n) is 5.24. The minimum absolute atomic E-state index is 0.341. The van der Waals surface area contributed by atoms with Crippen molar-refractivity contribution in [2.45, 2.75) is 13.3 Å². The summed E-state index contributed by atoms with van der Waals surface area (Å²) in [5, 5.41) is 0. The minimum Gasteiger partial charge on any atom is -0.197 e. The molecule has 0 bridgehead atoms. The third-order valence-electron chi connectivity index (χ3n) is 1.15. The van der Waals surface area contributed by atoms with Gasteiger partial charge in [0.05, 0.1) is 0 Å². The molecule has 0 nitrogen and oxygen atoms in total. The number of hydrogen-bond donors (Lipinski definition) is 0. The summed E-state index contributed by atoms with van der Waals surface area (Å²) in [6, 6.07) is 0. The molecule has 0 fully saturated rings. The highest BCUT2D eigenvalue weighted by Gasteiger charge is 1.91. The van der Waals surface area contributed by atoms with Crippen molar-refractivity contribution in [3.63, 3.8) is 0 Å². The Kier molecular flexibility index (Phi) is 1.69. The predicted octanol–water partition coefficient (Wildman–Crippen LogP) is 2.50. The maximum Gasteiger partial charge on any atom is 0.173 e. The fraction of sp³-hybridized carbons (Fsp3) is 0.250. The van der Waals surface area contributed by atoms with Crippen molar-refractivity contribution in [3.8, 4) is 0 Å². The van der Waals surface area contributed by atoms with Gasteiger partial charge in [-0.25, -0.2) is 0 Å². The summed E-state index contributed by atoms with van der Waals surface area (Å²) in [6.45, 7) is 2.00. The van der Waals surface area contributed by atoms with Gasteiger partial charge in [-0.3, -0.25) is 0 Å². The molecule has 46 valence electrons. The molecule has 1 aliphatic carbocycles. The lowest BCUT2D eigenvalue weighted by Crippen LogP contribution is -1.74. The Labute approximate surface area is 53.7 Å². The molecule has 0 unspecified atom stereocenters. The summed E-state index contributed by atoms with van der Waals surface area (Å²) >= 11 is 0. The minimum atomic E-state index is -0.341. The van der Waals surface area contributed by atoms with Crippen molar-refractivity contribution < 1.29 is 4.39 Å². The first-order valence-corrected chi connectivity index (χ1v) is 2.91. The summed E-state index contributed by atoms with van der Waals surface area (Å²) in [5.74, 6) is -0.341. The van der Waals surface area contributed by atoms with Crippen LogP contribution < -0.4 is 0 Å². The van der Waals surface area contributed by atoms with Gasteiger partial charge in [-0.05, 0) is 24.3 Å². The molecule has 0 radical (unpaired) electrons. The van der Waals surface area contributed by atoms with Gasteiger partial charge >= 0.3 is 0 Å². The summed E-state index contributed by atoms with van der Waals surface area (Å²) in [6.07, 6.45) is 4.00. The molecule has 0 spiro atoms. The van der Waals surface area contributed by atoms with E-state index in [0.717, 1.165) is 12.0 Å². The molecule has 0 saturated carbocycles. The van der Waals surface area contributed by atoms with Crippen molar-refractivity contribution in [2.75, 3.05) is 0 Å². The molecule has 0 aromatic rings. The smallest absolute Gasteiger partial charge is 0.173 e. The lowest BCUT2D eigenvalue weighted by molar-refractivity contribution is 0.668. The Hall–Kier alpha value is -1.03. The molecule has 0 amide bonds. The van der Waals surface area contributed by atoms with Crippen LogP contribution >= 0.6 is 0 Å². The third kappa shape index (κ3) is 1.43. The van der Waals surface area contributed by atoms with E-state index in [-0.39, 0.29) is 5.83 Å². The largest absolute Gasteiger partial charge is 0.197 e. The molecular weight excluding hydrogens is 115 g/mol. The Balaban J connectivity index is 3.03. The van der Waals surface area contributed by atoms with Crippen molar-refractivity contribution in [1.82, 2.24) is 0 Å². The molecule has 0 N–H and O–H groups in total. The highest BCUT2D eigenvalue weighted by atomic mass is 19.1. The second kappa shape index (κ2) is 2.50. The Bertz CT molecular complexity index is 233. The van der Waals surface area contributed by atoms with Crippen LogP contribution in [0.25, 0.3) is 0 Å². The molecule has 0 aromatic carbocycles. The summed E-state index contributed by atoms with van der Waals surface area (Å²) in [7, 11) is 0. The van der Waals surface area contributed by atoms with E-state index in [1.54, 1.807) is 6.08 Å². The van der Waals surface area contributed by atoms with Crippen LogP contribution in [-0.2, 0) is 0 Å². The fourth-order valence-corrected chi connectivity index (χ4v) is 0.603. The van der Waals surface area contributed by atoms with Crippen molar-refractivity contribution in [1.29, 1.82) is 0 Å². The van der Waals surface area contributed by atoms with Gasteiger partial charge < -0.3 is 0 Å². The summed E-state index contributed by atoms with van der Waals surface area (Å²) in [4.78, 5) is 0. The van der Waals surface area contributed by atoms with E-state index in [1.807, 2.05) is 6.92 Å². The van der Waals surface area contributed by atoms with Crippen LogP contribution in [0, 0.1) is 0 Å². The first-order chi connectivity index (χ1) is 4.33. The Morgan fingerprint density at radius 3 is 2.67 bits per heavy atom. The molecule has 1 rings (SSSR count). The predicted molar refractivity (Wildman–Crippen MR) is 34.6 cm³/mol. The lowest BCUT2D eigenvalue weighted by atomic mass is 10.2. The van der Waals surface area contributed by atoms with E-state index in [0.29, 0.717) is 0 Å². The second-order valence-corrected chi connectivity index (χ2v) is 1.81. The molecule has 9 heavy (non-hydrogen) atoms. The normalized spacial score (nSPS) is 15.3. The lowest BCUT2D eigenvalue weighted by Gasteiger charge is -1.91. The van der Waals surface area contributed by atoms with Gasteiger partial charge in [0, 0.05) is 5.57 Å². The SMILES string of the molecule is CCC1=C=C=C(F)C=C1. The monoisotopic (exact) mass is 122 g/mol. The van der Waals surface area contributed by atoms with E-state index >= 15 is 0 Å². The van der Waals surface area contributed by atoms with Crippen molar-refractivity contribution in [3.05, 3.63) is 35.0 Å². The van der Waals surface area contributed by atoms with Crippen molar-refractivity contribution >= 4 is 0 Å².